The largest absolute Gasteiger partial charge is 0.493 e. The van der Waals surface area contributed by atoms with Gasteiger partial charge in [0.1, 0.15) is 0 Å². The minimum atomic E-state index is -0.409. The van der Waals surface area contributed by atoms with Crippen molar-refractivity contribution in [1.82, 2.24) is 30.9 Å². The fourth-order valence-corrected chi connectivity index (χ4v) is 2.24. The summed E-state index contributed by atoms with van der Waals surface area (Å²) in [7, 11) is 1.51. The van der Waals surface area contributed by atoms with E-state index in [2.05, 4.69) is 36.2 Å². The normalized spacial score (nSPS) is 11.7. The minimum Gasteiger partial charge on any atom is -0.493 e. The van der Waals surface area contributed by atoms with Crippen molar-refractivity contribution in [2.45, 2.75) is 12.5 Å². The van der Waals surface area contributed by atoms with E-state index in [-0.39, 0.29) is 6.04 Å². The number of rotatable bonds is 7. The number of hydrogen-bond donors (Lipinski definition) is 3. The first-order valence-electron chi connectivity index (χ1n) is 6.53. The van der Waals surface area contributed by atoms with Crippen LogP contribution in [0, 0.1) is 0 Å². The number of aromatic amines is 1. The molecule has 22 heavy (non-hydrogen) atoms. The number of thioether (sulfide) groups is 1. The van der Waals surface area contributed by atoms with Crippen LogP contribution in [0.2, 0.25) is 0 Å². The van der Waals surface area contributed by atoms with Gasteiger partial charge in [0.2, 0.25) is 0 Å². The molecule has 118 valence electrons. The fraction of sp³-hybridized carbons (Fsp3) is 0.417. The molecule has 1 atom stereocenters. The zero-order valence-corrected chi connectivity index (χ0v) is 13.1. The highest BCUT2D eigenvalue weighted by atomic mass is 32.2. The van der Waals surface area contributed by atoms with E-state index in [1.165, 1.54) is 7.11 Å². The van der Waals surface area contributed by atoms with Crippen molar-refractivity contribution in [2.75, 3.05) is 24.4 Å². The number of carbonyl (C=O) groups excluding carboxylic acids is 1. The summed E-state index contributed by atoms with van der Waals surface area (Å²) < 4.78 is 5.14. The standard InChI is InChI=1S/C12H17N7O2S/c1-21-9-4-3-6-13-11(9)15-12(20)14-8(5-7-22-2)10-16-18-19-17-10/h3-4,6,8H,5,7H2,1-2H3,(H2,13,14,15,20)(H,16,17,18,19)/t8-/m0/s1. The number of urea groups is 1. The van der Waals surface area contributed by atoms with Gasteiger partial charge in [-0.05, 0) is 30.6 Å². The Morgan fingerprint density at radius 1 is 1.55 bits per heavy atom. The van der Waals surface area contributed by atoms with Gasteiger partial charge < -0.3 is 10.1 Å². The third kappa shape index (κ3) is 4.32. The second kappa shape index (κ2) is 8.17. The van der Waals surface area contributed by atoms with E-state index in [1.54, 1.807) is 30.1 Å². The molecule has 9 nitrogen and oxygen atoms in total. The number of hydrogen-bond acceptors (Lipinski definition) is 7. The van der Waals surface area contributed by atoms with E-state index in [1.807, 2.05) is 6.26 Å². The first-order chi connectivity index (χ1) is 10.7. The maximum absolute atomic E-state index is 12.1. The van der Waals surface area contributed by atoms with Crippen LogP contribution in [0.4, 0.5) is 10.6 Å². The number of methoxy groups -OCH3 is 1. The Bertz CT molecular complexity index is 593. The van der Waals surface area contributed by atoms with Crippen LogP contribution >= 0.6 is 11.8 Å². The molecule has 2 rings (SSSR count). The van der Waals surface area contributed by atoms with Gasteiger partial charge in [0.25, 0.3) is 0 Å². The molecule has 0 saturated carbocycles. The molecule has 0 bridgehead atoms. The van der Waals surface area contributed by atoms with E-state index < -0.39 is 6.03 Å². The third-order valence-electron chi connectivity index (χ3n) is 2.81. The number of nitrogens with one attached hydrogen (secondary N) is 3. The molecule has 2 aromatic heterocycles. The minimum absolute atomic E-state index is 0.332. The summed E-state index contributed by atoms with van der Waals surface area (Å²) in [6.45, 7) is 0. The van der Waals surface area contributed by atoms with Gasteiger partial charge in [0, 0.05) is 6.20 Å². The molecule has 2 heterocycles. The van der Waals surface area contributed by atoms with Gasteiger partial charge in [0.05, 0.1) is 13.2 Å². The van der Waals surface area contributed by atoms with E-state index in [4.69, 9.17) is 4.74 Å². The second-order valence-corrected chi connectivity index (χ2v) is 5.24. The van der Waals surface area contributed by atoms with Crippen molar-refractivity contribution in [1.29, 1.82) is 0 Å². The van der Waals surface area contributed by atoms with Crippen LogP contribution in [0.5, 0.6) is 5.75 Å². The molecule has 0 aromatic carbocycles. The zero-order chi connectivity index (χ0) is 15.8. The average Bonchev–Trinajstić information content (AvgIpc) is 3.06. The lowest BCUT2D eigenvalue weighted by molar-refractivity contribution is 0.247. The van der Waals surface area contributed by atoms with Gasteiger partial charge in [-0.2, -0.15) is 17.0 Å². The summed E-state index contributed by atoms with van der Waals surface area (Å²) in [4.78, 5) is 16.2. The van der Waals surface area contributed by atoms with Gasteiger partial charge in [-0.3, -0.25) is 5.32 Å². The predicted molar refractivity (Wildman–Crippen MR) is 82.9 cm³/mol. The average molecular weight is 323 g/mol. The summed E-state index contributed by atoms with van der Waals surface area (Å²) >= 11 is 1.67. The molecule has 0 aliphatic carbocycles. The molecule has 2 amide bonds. The van der Waals surface area contributed by atoms with Crippen LogP contribution in [0.15, 0.2) is 18.3 Å². The molecular formula is C12H17N7O2S. The number of anilines is 1. The van der Waals surface area contributed by atoms with E-state index >= 15 is 0 Å². The van der Waals surface area contributed by atoms with Crippen molar-refractivity contribution in [3.8, 4) is 5.75 Å². The van der Waals surface area contributed by atoms with Crippen LogP contribution in [0.3, 0.4) is 0 Å². The Kier molecular flexibility index (Phi) is 5.95. The number of nitrogens with zero attached hydrogens (tertiary/aromatic N) is 4. The Hall–Kier alpha value is -2.36. The molecule has 0 aliphatic heterocycles. The number of H-pyrrole nitrogens is 1. The molecule has 3 N–H and O–H groups in total. The lowest BCUT2D eigenvalue weighted by atomic mass is 10.2. The highest BCUT2D eigenvalue weighted by Crippen LogP contribution is 2.20. The highest BCUT2D eigenvalue weighted by molar-refractivity contribution is 7.98. The number of carbonyl (C=O) groups is 1. The summed E-state index contributed by atoms with van der Waals surface area (Å²) in [6, 6.07) is 2.70. The summed E-state index contributed by atoms with van der Waals surface area (Å²) in [5.74, 6) is 2.13. The zero-order valence-electron chi connectivity index (χ0n) is 12.2. The summed E-state index contributed by atoms with van der Waals surface area (Å²) in [5, 5.41) is 19.2. The molecule has 0 spiro atoms. The van der Waals surface area contributed by atoms with Gasteiger partial charge in [-0.15, -0.1) is 10.2 Å². The Morgan fingerprint density at radius 2 is 2.41 bits per heavy atom. The molecule has 0 fully saturated rings. The van der Waals surface area contributed by atoms with Crippen LogP contribution in [0.25, 0.3) is 0 Å². The quantitative estimate of drug-likeness (QED) is 0.701. The molecule has 0 radical (unpaired) electrons. The first kappa shape index (κ1) is 16.0. The molecule has 0 unspecified atom stereocenters. The Labute approximate surface area is 131 Å². The highest BCUT2D eigenvalue weighted by Gasteiger charge is 2.19. The molecule has 0 aliphatic rings. The SMILES string of the molecule is COc1cccnc1NC(=O)N[C@@H](CCSC)c1nn[nH]n1. The van der Waals surface area contributed by atoms with Gasteiger partial charge >= 0.3 is 6.03 Å². The Balaban J connectivity index is 2.01. The maximum atomic E-state index is 12.1. The van der Waals surface area contributed by atoms with Gasteiger partial charge in [0.15, 0.2) is 17.4 Å². The van der Waals surface area contributed by atoms with Crippen molar-refractivity contribution in [2.24, 2.45) is 0 Å². The maximum Gasteiger partial charge on any atom is 0.321 e. The van der Waals surface area contributed by atoms with E-state index in [9.17, 15) is 4.79 Å². The number of aromatic nitrogens is 5. The van der Waals surface area contributed by atoms with Crippen molar-refractivity contribution in [3.63, 3.8) is 0 Å². The first-order valence-corrected chi connectivity index (χ1v) is 7.92. The third-order valence-corrected chi connectivity index (χ3v) is 3.46. The van der Waals surface area contributed by atoms with Crippen LogP contribution < -0.4 is 15.4 Å². The van der Waals surface area contributed by atoms with Crippen LogP contribution in [0.1, 0.15) is 18.3 Å². The van der Waals surface area contributed by atoms with Crippen molar-refractivity contribution < 1.29 is 9.53 Å². The van der Waals surface area contributed by atoms with Gasteiger partial charge in [-0.25, -0.2) is 9.78 Å². The summed E-state index contributed by atoms with van der Waals surface area (Å²) in [6.07, 6.45) is 4.25. The molecule has 10 heteroatoms. The number of tetrazole rings is 1. The monoisotopic (exact) mass is 323 g/mol. The van der Waals surface area contributed by atoms with Gasteiger partial charge in [-0.1, -0.05) is 5.21 Å². The summed E-state index contributed by atoms with van der Waals surface area (Å²) in [5.41, 5.74) is 0. The number of ether oxygens (including phenoxy) is 1. The molecular weight excluding hydrogens is 306 g/mol. The smallest absolute Gasteiger partial charge is 0.321 e. The Morgan fingerprint density at radius 3 is 3.09 bits per heavy atom. The number of amides is 2. The van der Waals surface area contributed by atoms with Crippen LogP contribution in [-0.4, -0.2) is 50.8 Å². The van der Waals surface area contributed by atoms with Crippen LogP contribution in [-0.2, 0) is 0 Å². The molecule has 2 aromatic rings. The molecule has 0 saturated heterocycles. The lowest BCUT2D eigenvalue weighted by Gasteiger charge is -2.16. The van der Waals surface area contributed by atoms with E-state index in [0.29, 0.717) is 23.8 Å². The predicted octanol–water partition coefficient (Wildman–Crippen LogP) is 1.22. The lowest BCUT2D eigenvalue weighted by Crippen LogP contribution is -2.34. The number of pyridine rings is 1. The van der Waals surface area contributed by atoms with Crippen molar-refractivity contribution >= 4 is 23.6 Å². The second-order valence-electron chi connectivity index (χ2n) is 4.26. The van der Waals surface area contributed by atoms with E-state index in [0.717, 1.165) is 5.75 Å². The fourth-order valence-electron chi connectivity index (χ4n) is 1.77. The van der Waals surface area contributed by atoms with Crippen molar-refractivity contribution in [3.05, 3.63) is 24.2 Å². The topological polar surface area (TPSA) is 118 Å².